The van der Waals surface area contributed by atoms with Crippen LogP contribution in [0.3, 0.4) is 0 Å². The molecule has 1 amide bonds. The van der Waals surface area contributed by atoms with Crippen molar-refractivity contribution in [3.05, 3.63) is 71.2 Å². The van der Waals surface area contributed by atoms with E-state index in [1.54, 1.807) is 24.4 Å². The predicted molar refractivity (Wildman–Crippen MR) is 97.9 cm³/mol. The molecule has 3 aromatic rings. The Labute approximate surface area is 149 Å². The first-order valence-corrected chi connectivity index (χ1v) is 8.65. The Balaban J connectivity index is 1.86. The Kier molecular flexibility index (Phi) is 5.20. The minimum atomic E-state index is -0.448. The maximum absolute atomic E-state index is 12.4. The van der Waals surface area contributed by atoms with Gasteiger partial charge in [0.2, 0.25) is 0 Å². The standard InChI is InChI=1S/C19H16N2O3S/c1-2-24-19(23)16-12-25-18(21-16)14-10-6-7-11-15(14)20-17(22)13-8-4-3-5-9-13/h3-12H,2H2,1H3,(H,20,22). The second-order valence-corrected chi connectivity index (χ2v) is 5.98. The highest BCUT2D eigenvalue weighted by atomic mass is 32.1. The molecule has 1 heterocycles. The van der Waals surface area contributed by atoms with Gasteiger partial charge in [-0.3, -0.25) is 4.79 Å². The molecular weight excluding hydrogens is 336 g/mol. The number of aromatic nitrogens is 1. The molecule has 0 bridgehead atoms. The fourth-order valence-corrected chi connectivity index (χ4v) is 3.09. The van der Waals surface area contributed by atoms with E-state index in [2.05, 4.69) is 10.3 Å². The largest absolute Gasteiger partial charge is 0.461 e. The second kappa shape index (κ2) is 7.72. The van der Waals surface area contributed by atoms with Crippen molar-refractivity contribution >= 4 is 28.9 Å². The highest BCUT2D eigenvalue weighted by Crippen LogP contribution is 2.31. The van der Waals surface area contributed by atoms with E-state index in [1.165, 1.54) is 11.3 Å². The van der Waals surface area contributed by atoms with Gasteiger partial charge >= 0.3 is 5.97 Å². The fourth-order valence-electron chi connectivity index (χ4n) is 2.26. The van der Waals surface area contributed by atoms with Gasteiger partial charge in [-0.2, -0.15) is 0 Å². The number of carbonyl (C=O) groups is 2. The van der Waals surface area contributed by atoms with Gasteiger partial charge in [-0.15, -0.1) is 11.3 Å². The zero-order valence-corrected chi connectivity index (χ0v) is 14.4. The SMILES string of the molecule is CCOC(=O)c1csc(-c2ccccc2NC(=O)c2ccccc2)n1. The van der Waals surface area contributed by atoms with E-state index in [0.717, 1.165) is 5.56 Å². The van der Waals surface area contributed by atoms with E-state index in [4.69, 9.17) is 4.74 Å². The molecule has 1 N–H and O–H groups in total. The lowest BCUT2D eigenvalue weighted by Gasteiger charge is -2.09. The third kappa shape index (κ3) is 3.92. The average molecular weight is 352 g/mol. The minimum absolute atomic E-state index is 0.199. The number of hydrogen-bond donors (Lipinski definition) is 1. The van der Waals surface area contributed by atoms with Crippen LogP contribution in [-0.4, -0.2) is 23.5 Å². The van der Waals surface area contributed by atoms with Crippen molar-refractivity contribution in [3.8, 4) is 10.6 Å². The van der Waals surface area contributed by atoms with E-state index < -0.39 is 5.97 Å². The third-order valence-electron chi connectivity index (χ3n) is 3.43. The van der Waals surface area contributed by atoms with Crippen molar-refractivity contribution in [1.82, 2.24) is 4.98 Å². The second-order valence-electron chi connectivity index (χ2n) is 5.12. The van der Waals surface area contributed by atoms with Crippen LogP contribution in [0.15, 0.2) is 60.0 Å². The summed E-state index contributed by atoms with van der Waals surface area (Å²) in [6.45, 7) is 2.05. The molecule has 0 aliphatic rings. The van der Waals surface area contributed by atoms with E-state index in [9.17, 15) is 9.59 Å². The van der Waals surface area contributed by atoms with Gasteiger partial charge < -0.3 is 10.1 Å². The van der Waals surface area contributed by atoms with Gasteiger partial charge in [0.25, 0.3) is 5.91 Å². The van der Waals surface area contributed by atoms with Crippen molar-refractivity contribution in [2.24, 2.45) is 0 Å². The molecule has 3 rings (SSSR count). The Hall–Kier alpha value is -2.99. The molecule has 6 heteroatoms. The van der Waals surface area contributed by atoms with Crippen molar-refractivity contribution in [1.29, 1.82) is 0 Å². The summed E-state index contributed by atoms with van der Waals surface area (Å²) < 4.78 is 4.97. The van der Waals surface area contributed by atoms with Gasteiger partial charge in [0, 0.05) is 16.5 Å². The fraction of sp³-hybridized carbons (Fsp3) is 0.105. The molecule has 25 heavy (non-hydrogen) atoms. The van der Waals surface area contributed by atoms with E-state index in [0.29, 0.717) is 22.9 Å². The van der Waals surface area contributed by atoms with E-state index in [1.807, 2.05) is 42.5 Å². The number of amides is 1. The molecule has 2 aromatic carbocycles. The molecule has 0 atom stereocenters. The van der Waals surface area contributed by atoms with Crippen LogP contribution < -0.4 is 5.32 Å². The Morgan fingerprint density at radius 1 is 1.08 bits per heavy atom. The number of thiazole rings is 1. The highest BCUT2D eigenvalue weighted by Gasteiger charge is 2.16. The first-order valence-electron chi connectivity index (χ1n) is 7.77. The number of hydrogen-bond acceptors (Lipinski definition) is 5. The zero-order valence-electron chi connectivity index (χ0n) is 13.6. The van der Waals surface area contributed by atoms with Crippen LogP contribution in [0.1, 0.15) is 27.8 Å². The smallest absolute Gasteiger partial charge is 0.357 e. The third-order valence-corrected chi connectivity index (χ3v) is 4.31. The van der Waals surface area contributed by atoms with Gasteiger partial charge in [-0.05, 0) is 31.2 Å². The molecule has 0 fully saturated rings. The number of anilines is 1. The number of nitrogens with zero attached hydrogens (tertiary/aromatic N) is 1. The summed E-state index contributed by atoms with van der Waals surface area (Å²) in [5, 5.41) is 5.20. The molecule has 0 aliphatic carbocycles. The number of carbonyl (C=O) groups excluding carboxylic acids is 2. The molecule has 0 saturated carbocycles. The number of benzene rings is 2. The number of ether oxygens (including phenoxy) is 1. The van der Waals surface area contributed by atoms with Gasteiger partial charge in [0.05, 0.1) is 12.3 Å². The van der Waals surface area contributed by atoms with Crippen LogP contribution in [0.25, 0.3) is 10.6 Å². The summed E-state index contributed by atoms with van der Waals surface area (Å²) in [7, 11) is 0. The van der Waals surface area contributed by atoms with E-state index >= 15 is 0 Å². The van der Waals surface area contributed by atoms with Gasteiger partial charge in [0.1, 0.15) is 5.01 Å². The van der Waals surface area contributed by atoms with Crippen LogP contribution in [0.2, 0.25) is 0 Å². The van der Waals surface area contributed by atoms with Gasteiger partial charge in [-0.1, -0.05) is 30.3 Å². The summed E-state index contributed by atoms with van der Waals surface area (Å²) in [5.74, 6) is -0.647. The lowest BCUT2D eigenvalue weighted by molar-refractivity contribution is 0.0520. The van der Waals surface area contributed by atoms with E-state index in [-0.39, 0.29) is 11.6 Å². The number of nitrogens with one attached hydrogen (secondary N) is 1. The summed E-state index contributed by atoms with van der Waals surface area (Å²) in [6.07, 6.45) is 0. The number of esters is 1. The molecular formula is C19H16N2O3S. The first kappa shape index (κ1) is 16.9. The lowest BCUT2D eigenvalue weighted by atomic mass is 10.1. The van der Waals surface area contributed by atoms with Crippen molar-refractivity contribution in [2.45, 2.75) is 6.92 Å². The maximum Gasteiger partial charge on any atom is 0.357 e. The van der Waals surface area contributed by atoms with Gasteiger partial charge in [-0.25, -0.2) is 9.78 Å². The summed E-state index contributed by atoms with van der Waals surface area (Å²) in [6, 6.07) is 16.3. The van der Waals surface area contributed by atoms with Crippen LogP contribution in [0.5, 0.6) is 0 Å². The van der Waals surface area contributed by atoms with Gasteiger partial charge in [0.15, 0.2) is 5.69 Å². The molecule has 0 unspecified atom stereocenters. The van der Waals surface area contributed by atoms with Crippen LogP contribution in [-0.2, 0) is 4.74 Å². The van der Waals surface area contributed by atoms with Crippen LogP contribution >= 0.6 is 11.3 Å². The normalized spacial score (nSPS) is 10.3. The zero-order chi connectivity index (χ0) is 17.6. The number of para-hydroxylation sites is 1. The number of rotatable bonds is 5. The molecule has 126 valence electrons. The quantitative estimate of drug-likeness (QED) is 0.698. The Morgan fingerprint density at radius 3 is 2.56 bits per heavy atom. The molecule has 0 spiro atoms. The van der Waals surface area contributed by atoms with Crippen molar-refractivity contribution in [2.75, 3.05) is 11.9 Å². The van der Waals surface area contributed by atoms with Crippen LogP contribution in [0, 0.1) is 0 Å². The molecule has 5 nitrogen and oxygen atoms in total. The Bertz CT molecular complexity index is 890. The molecule has 0 radical (unpaired) electrons. The first-order chi connectivity index (χ1) is 12.2. The average Bonchev–Trinajstić information content (AvgIpc) is 3.13. The monoisotopic (exact) mass is 352 g/mol. The maximum atomic E-state index is 12.4. The summed E-state index contributed by atoms with van der Waals surface area (Å²) in [5.41, 5.74) is 2.24. The van der Waals surface area contributed by atoms with Crippen molar-refractivity contribution in [3.63, 3.8) is 0 Å². The highest BCUT2D eigenvalue weighted by molar-refractivity contribution is 7.13. The van der Waals surface area contributed by atoms with Crippen LogP contribution in [0.4, 0.5) is 5.69 Å². The molecule has 0 saturated heterocycles. The Morgan fingerprint density at radius 2 is 1.80 bits per heavy atom. The molecule has 1 aromatic heterocycles. The van der Waals surface area contributed by atoms with Crippen molar-refractivity contribution < 1.29 is 14.3 Å². The minimum Gasteiger partial charge on any atom is -0.461 e. The summed E-state index contributed by atoms with van der Waals surface area (Å²) >= 11 is 1.33. The topological polar surface area (TPSA) is 68.3 Å². The predicted octanol–water partition coefficient (Wildman–Crippen LogP) is 4.24. The molecule has 0 aliphatic heterocycles. The lowest BCUT2D eigenvalue weighted by Crippen LogP contribution is -2.12. The summed E-state index contributed by atoms with van der Waals surface area (Å²) in [4.78, 5) is 28.5.